The summed E-state index contributed by atoms with van der Waals surface area (Å²) in [5.74, 6) is -1.02. The number of aryl methyl sites for hydroxylation is 1. The predicted molar refractivity (Wildman–Crippen MR) is 163 cm³/mol. The van der Waals surface area contributed by atoms with E-state index in [2.05, 4.69) is 10.3 Å². The van der Waals surface area contributed by atoms with Crippen molar-refractivity contribution in [2.75, 3.05) is 13.2 Å². The fraction of sp³-hybridized carbons (Fsp3) is 0.394. The first-order valence-electron chi connectivity index (χ1n) is 14.8. The lowest BCUT2D eigenvalue weighted by atomic mass is 10.1. The molecule has 0 radical (unpaired) electrons. The van der Waals surface area contributed by atoms with E-state index in [1.807, 2.05) is 37.7 Å². The molecule has 0 aliphatic carbocycles. The molecule has 13 nitrogen and oxygen atoms in total. The maximum absolute atomic E-state index is 12.9. The molecule has 1 atom stereocenters. The van der Waals surface area contributed by atoms with E-state index in [1.54, 1.807) is 57.2 Å². The number of hydroxylamine groups is 2. The minimum absolute atomic E-state index is 0.178. The number of hydrogen-bond acceptors (Lipinski definition) is 10. The van der Waals surface area contributed by atoms with Gasteiger partial charge in [0.2, 0.25) is 12.0 Å². The number of carbonyl (C=O) groups excluding carboxylic acids is 4. The summed E-state index contributed by atoms with van der Waals surface area (Å²) >= 11 is 0. The summed E-state index contributed by atoms with van der Waals surface area (Å²) in [4.78, 5) is 60.1. The van der Waals surface area contributed by atoms with Crippen molar-refractivity contribution in [3.63, 3.8) is 0 Å². The number of nitrogens with one attached hydrogen (secondary N) is 1. The van der Waals surface area contributed by atoms with E-state index in [1.165, 1.54) is 18.3 Å². The van der Waals surface area contributed by atoms with Crippen molar-refractivity contribution in [1.82, 2.24) is 15.4 Å². The van der Waals surface area contributed by atoms with Gasteiger partial charge in [-0.3, -0.25) is 9.59 Å². The van der Waals surface area contributed by atoms with Crippen LogP contribution in [0.25, 0.3) is 0 Å². The molecule has 1 aliphatic rings. The molecule has 0 saturated heterocycles. The minimum Gasteiger partial charge on any atom is -0.489 e. The zero-order valence-corrected chi connectivity index (χ0v) is 26.8. The molecule has 1 N–H and O–H groups in total. The predicted octanol–water partition coefficient (Wildman–Crippen LogP) is 4.39. The van der Waals surface area contributed by atoms with Gasteiger partial charge in [-0.15, -0.1) is 5.06 Å². The molecule has 13 heteroatoms. The molecular weight excluding hydrogens is 596 g/mol. The van der Waals surface area contributed by atoms with Gasteiger partial charge in [0.25, 0.3) is 11.8 Å². The first kappa shape index (κ1) is 33.8. The first-order valence-corrected chi connectivity index (χ1v) is 14.8. The number of aromatic nitrogens is 2. The number of benzene rings is 1. The van der Waals surface area contributed by atoms with Crippen LogP contribution < -0.4 is 19.4 Å². The van der Waals surface area contributed by atoms with E-state index < -0.39 is 41.2 Å². The second-order valence-electron chi connectivity index (χ2n) is 12.4. The van der Waals surface area contributed by atoms with Crippen LogP contribution in [0.4, 0.5) is 4.79 Å². The summed E-state index contributed by atoms with van der Waals surface area (Å²) in [6, 6.07) is 13.0. The monoisotopic (exact) mass is 635 g/mol. The van der Waals surface area contributed by atoms with Crippen molar-refractivity contribution < 1.29 is 47.5 Å². The molecule has 3 aromatic rings. The van der Waals surface area contributed by atoms with Crippen LogP contribution in [0.3, 0.4) is 0 Å². The van der Waals surface area contributed by atoms with Crippen LogP contribution in [0.15, 0.2) is 67.1 Å². The maximum atomic E-state index is 12.9. The molecule has 1 unspecified atom stereocenters. The highest BCUT2D eigenvalue weighted by Crippen LogP contribution is 2.25. The fourth-order valence-electron chi connectivity index (χ4n) is 4.13. The fourth-order valence-corrected chi connectivity index (χ4v) is 4.13. The number of alkyl carbamates (subject to hydrolysis) is 1. The van der Waals surface area contributed by atoms with Gasteiger partial charge in [-0.05, 0) is 59.7 Å². The van der Waals surface area contributed by atoms with Gasteiger partial charge >= 0.3 is 12.1 Å². The van der Waals surface area contributed by atoms with E-state index >= 15 is 0 Å². The van der Waals surface area contributed by atoms with Gasteiger partial charge in [0.15, 0.2) is 12.4 Å². The zero-order valence-electron chi connectivity index (χ0n) is 26.8. The van der Waals surface area contributed by atoms with Crippen molar-refractivity contribution in [2.24, 2.45) is 0 Å². The Labute approximate surface area is 267 Å². The number of nitrogens with zero attached hydrogens (tertiary/aromatic N) is 3. The first-order chi connectivity index (χ1) is 21.7. The van der Waals surface area contributed by atoms with Gasteiger partial charge in [0, 0.05) is 31.2 Å². The largest absolute Gasteiger partial charge is 0.489 e. The molecule has 0 bridgehead atoms. The third kappa shape index (κ3) is 9.73. The van der Waals surface area contributed by atoms with Crippen LogP contribution >= 0.6 is 0 Å². The number of fused-ring (bicyclic) bond motifs is 1. The lowest BCUT2D eigenvalue weighted by molar-refractivity contribution is -0.697. The molecule has 46 heavy (non-hydrogen) atoms. The Balaban J connectivity index is 1.29. The number of ether oxygens (including phenoxy) is 4. The van der Waals surface area contributed by atoms with Crippen LogP contribution in [-0.2, 0) is 25.7 Å². The van der Waals surface area contributed by atoms with Crippen molar-refractivity contribution in [3.8, 4) is 17.4 Å². The number of carbonyl (C=O) groups is 4. The number of pyridine rings is 2. The van der Waals surface area contributed by atoms with Crippen LogP contribution in [0.1, 0.15) is 68.7 Å². The third-order valence-corrected chi connectivity index (χ3v) is 6.11. The lowest BCUT2D eigenvalue weighted by Gasteiger charge is -2.25. The molecule has 2 aromatic heterocycles. The molecule has 1 aliphatic heterocycles. The van der Waals surface area contributed by atoms with Crippen LogP contribution in [0, 0.1) is 0 Å². The molecule has 0 saturated carbocycles. The Morgan fingerprint density at radius 1 is 0.870 bits per heavy atom. The number of imide groups is 1. The third-order valence-electron chi connectivity index (χ3n) is 6.11. The molecule has 0 spiro atoms. The van der Waals surface area contributed by atoms with E-state index in [-0.39, 0.29) is 23.5 Å². The molecule has 3 amide bonds. The summed E-state index contributed by atoms with van der Waals surface area (Å²) < 4.78 is 24.2. The van der Waals surface area contributed by atoms with Gasteiger partial charge < -0.3 is 24.3 Å². The van der Waals surface area contributed by atoms with E-state index in [0.29, 0.717) is 36.2 Å². The molecule has 4 rings (SSSR count). The number of esters is 1. The normalized spacial score (nSPS) is 13.6. The van der Waals surface area contributed by atoms with Crippen molar-refractivity contribution in [2.45, 2.75) is 71.8 Å². The average molecular weight is 636 g/mol. The minimum atomic E-state index is -1.43. The lowest BCUT2D eigenvalue weighted by Crippen LogP contribution is -2.43. The van der Waals surface area contributed by atoms with Crippen molar-refractivity contribution >= 4 is 23.9 Å². The summed E-state index contributed by atoms with van der Waals surface area (Å²) in [5.41, 5.74) is -1.03. The number of rotatable bonds is 12. The summed E-state index contributed by atoms with van der Waals surface area (Å²) in [6.07, 6.45) is 3.95. The molecular formula is C33H39N4O9+. The van der Waals surface area contributed by atoms with Crippen molar-refractivity contribution in [1.29, 1.82) is 0 Å². The Bertz CT molecular complexity index is 1510. The van der Waals surface area contributed by atoms with E-state index in [0.717, 1.165) is 0 Å². The number of hydrogen-bond donors (Lipinski definition) is 1. The maximum Gasteiger partial charge on any atom is 0.407 e. The second-order valence-corrected chi connectivity index (χ2v) is 12.4. The summed E-state index contributed by atoms with van der Waals surface area (Å²) in [7, 11) is 0. The van der Waals surface area contributed by atoms with Crippen molar-refractivity contribution in [3.05, 3.63) is 78.2 Å². The standard InChI is InChI=1S/C33H38N4O9/c1-32(2,3)44-30(40)26(46-37-28(38)24-10-7-8-11-25(24)29(37)39)21-42-23-12-13-27(35-20-23)43-22-14-18-36(19-15-22)17-9-16-34-31(41)45-33(4,5)6/h7-8,10-15,18-20,26H,9,16-17,21H2,1-6H3/p+1. The molecule has 244 valence electrons. The van der Waals surface area contributed by atoms with Gasteiger partial charge in [-0.2, -0.15) is 0 Å². The van der Waals surface area contributed by atoms with E-state index in [9.17, 15) is 19.2 Å². The SMILES string of the molecule is CC(C)(C)OC(=O)NCCC[n+]1ccc(Oc2ccc(OCC(ON3C(=O)c4ccccc4C3=O)C(=O)OC(C)(C)C)cn2)cc1. The van der Waals surface area contributed by atoms with Crippen LogP contribution in [-0.4, -0.2) is 64.4 Å². The zero-order chi connectivity index (χ0) is 33.5. The Morgan fingerprint density at radius 3 is 2.07 bits per heavy atom. The smallest absolute Gasteiger partial charge is 0.407 e. The second kappa shape index (κ2) is 14.4. The number of amides is 3. The Kier molecular flexibility index (Phi) is 10.6. The van der Waals surface area contributed by atoms with E-state index in [4.69, 9.17) is 23.8 Å². The van der Waals surface area contributed by atoms with Gasteiger partial charge in [0.1, 0.15) is 35.9 Å². The topological polar surface area (TPSA) is 146 Å². The van der Waals surface area contributed by atoms with Gasteiger partial charge in [-0.25, -0.2) is 24.0 Å². The summed E-state index contributed by atoms with van der Waals surface area (Å²) in [6.45, 7) is 11.3. The quantitative estimate of drug-likeness (QED) is 0.132. The highest BCUT2D eigenvalue weighted by Gasteiger charge is 2.40. The highest BCUT2D eigenvalue weighted by molar-refractivity contribution is 6.20. The van der Waals surface area contributed by atoms with Gasteiger partial charge in [0.05, 0.1) is 17.3 Å². The highest BCUT2D eigenvalue weighted by atomic mass is 16.7. The Hall–Kier alpha value is -5.04. The molecule has 0 fully saturated rings. The molecule has 1 aromatic carbocycles. The average Bonchev–Trinajstić information content (AvgIpc) is 3.22. The van der Waals surface area contributed by atoms with Gasteiger partial charge in [-0.1, -0.05) is 12.1 Å². The van der Waals surface area contributed by atoms with Crippen LogP contribution in [0.5, 0.6) is 17.4 Å². The molecule has 3 heterocycles. The summed E-state index contributed by atoms with van der Waals surface area (Å²) in [5, 5.41) is 3.29. The Morgan fingerprint density at radius 2 is 1.50 bits per heavy atom. The van der Waals surface area contributed by atoms with Crippen LogP contribution in [0.2, 0.25) is 0 Å².